The Morgan fingerprint density at radius 1 is 0.211 bits per heavy atom. The summed E-state index contributed by atoms with van der Waals surface area (Å²) in [6.07, 6.45) is 3.87. The molecule has 0 atom stereocenters. The molecule has 36 heteroatoms. The molecule has 12 nitrogen and oxygen atoms in total. The molecule has 4 heterocycles. The fourth-order valence-electron chi connectivity index (χ4n) is 15.5. The molecule has 12 aromatic carbocycles. The monoisotopic (exact) mass is 2010 g/mol. The Hall–Kier alpha value is -12.2. The van der Waals surface area contributed by atoms with Crippen LogP contribution in [0.4, 0.5) is 105 Å². The predicted molar refractivity (Wildman–Crippen MR) is 472 cm³/mol. The van der Waals surface area contributed by atoms with E-state index >= 15 is 0 Å². The molecule has 0 bridgehead atoms. The van der Waals surface area contributed by atoms with Crippen molar-refractivity contribution in [1.82, 2.24) is 0 Å². The average Bonchev–Trinajstić information content (AvgIpc) is 0.805. The zero-order valence-corrected chi connectivity index (χ0v) is 76.3. The smallest absolute Gasteiger partial charge is 0.194 e. The highest BCUT2D eigenvalue weighted by Crippen LogP contribution is 2.41. The molecule has 0 saturated carbocycles. The number of ether oxygens (including phenoxy) is 12. The van der Waals surface area contributed by atoms with E-state index in [2.05, 4.69) is 6.92 Å². The molecular weight excluding hydrogens is 1920 g/mol. The van der Waals surface area contributed by atoms with Crippen LogP contribution in [0.15, 0.2) is 170 Å². The van der Waals surface area contributed by atoms with E-state index in [1.807, 2.05) is 13.8 Å². The number of benzene rings is 12. The minimum atomic E-state index is -1.63. The standard InChI is InChI=1S/C28H26F6O3.C27H24F6O3.C26H22F6O3.C25H20F6O3/c1-2-3-4-5-16-8-24(32)27(25(33)9-16)35-13-17-14-36-28(37-15-17)18-6-7-20(21(29)10-18)19-11-22(30)26(34)23(31)12-19;1-2-3-4-15-7-23(31)26(24(32)8-15)34-12-16-13-35-27(36-14-16)17-5-6-19(20(28)9-17)18-10-21(29)25(33)22(30)11-18;1-2-3-14-6-22(30)25(23(31)7-14)33-11-15-12-34-26(35-13-15)16-4-5-18(19(27)8-16)17-9-20(28)24(32)21(29)10-17;1-2-13-5-21(29)24(22(30)6-13)32-10-14-11-33-25(34-12-14)15-3-4-17(18(26)7-15)16-8-19(27)23(31)20(28)9-16/h6-12,17,28H,2-5,13-15H2,1H3;5-11,16,27H,2-4,12-14H2,1H3;4-10,15,26H,2-3,11-13H2,1H3;3-9,14,25H,2,10-12H2,1H3. The lowest BCUT2D eigenvalue weighted by Crippen LogP contribution is -2.31. The summed E-state index contributed by atoms with van der Waals surface area (Å²) in [7, 11) is 0. The van der Waals surface area contributed by atoms with Crippen LogP contribution in [-0.2, 0) is 63.6 Å². The minimum absolute atomic E-state index is 0.0509. The summed E-state index contributed by atoms with van der Waals surface area (Å²) < 4.78 is 400. The average molecular weight is 2010 g/mol. The molecule has 0 aromatic heterocycles. The van der Waals surface area contributed by atoms with Crippen molar-refractivity contribution < 1.29 is 162 Å². The van der Waals surface area contributed by atoms with Gasteiger partial charge in [-0.1, -0.05) is 102 Å². The highest BCUT2D eigenvalue weighted by atomic mass is 19.2. The SMILES string of the molecule is CCCCCc1cc(F)c(OCC2COC(c3ccc(-c4cc(F)c(F)c(F)c4)c(F)c3)OC2)c(F)c1.CCCCc1cc(F)c(OCC2COC(c3ccc(-c4cc(F)c(F)c(F)c4)c(F)c3)OC2)c(F)c1.CCCc1cc(F)c(OCC2COC(c3ccc(-c4cc(F)c(F)c(F)c4)c(F)c3)OC2)c(F)c1.CCc1cc(F)c(OCC2COC(c3ccc(-c4cc(F)c(F)c(F)c4)c(F)c3)OC2)c(F)c1. The molecule has 756 valence electrons. The normalized spacial score (nSPS) is 17.9. The van der Waals surface area contributed by atoms with Crippen LogP contribution in [0, 0.1) is 163 Å². The Morgan fingerprint density at radius 2 is 0.415 bits per heavy atom. The summed E-state index contributed by atoms with van der Waals surface area (Å²) >= 11 is 0. The fourth-order valence-corrected chi connectivity index (χ4v) is 15.5. The molecule has 0 N–H and O–H groups in total. The van der Waals surface area contributed by atoms with E-state index in [1.54, 1.807) is 6.92 Å². The van der Waals surface area contributed by atoms with Gasteiger partial charge in [-0.15, -0.1) is 0 Å². The molecule has 12 aromatic rings. The van der Waals surface area contributed by atoms with Gasteiger partial charge >= 0.3 is 0 Å². The molecule has 4 saturated heterocycles. The Balaban J connectivity index is 0.000000159. The Labute approximate surface area is 800 Å². The number of halogens is 24. The lowest BCUT2D eigenvalue weighted by molar-refractivity contribution is -0.209. The van der Waals surface area contributed by atoms with Crippen LogP contribution in [0.25, 0.3) is 44.5 Å². The molecule has 0 amide bonds. The zero-order chi connectivity index (χ0) is 102. The Morgan fingerprint density at radius 3 is 0.613 bits per heavy atom. The highest BCUT2D eigenvalue weighted by Gasteiger charge is 2.34. The van der Waals surface area contributed by atoms with Crippen molar-refractivity contribution >= 4 is 0 Å². The van der Waals surface area contributed by atoms with E-state index in [9.17, 15) is 105 Å². The second-order valence-corrected chi connectivity index (χ2v) is 33.9. The van der Waals surface area contributed by atoms with Gasteiger partial charge < -0.3 is 56.8 Å². The Kier molecular flexibility index (Phi) is 37.5. The maximum Gasteiger partial charge on any atom is 0.194 e. The summed E-state index contributed by atoms with van der Waals surface area (Å²) in [5.41, 5.74) is 2.37. The third kappa shape index (κ3) is 27.4. The van der Waals surface area contributed by atoms with Gasteiger partial charge in [0.25, 0.3) is 0 Å². The lowest BCUT2D eigenvalue weighted by atomic mass is 10.0. The maximum atomic E-state index is 14.7. The van der Waals surface area contributed by atoms with Crippen molar-refractivity contribution in [3.05, 3.63) is 354 Å². The molecule has 4 aliphatic heterocycles. The zero-order valence-electron chi connectivity index (χ0n) is 76.3. The van der Waals surface area contributed by atoms with Crippen molar-refractivity contribution in [2.45, 2.75) is 117 Å². The van der Waals surface area contributed by atoms with Gasteiger partial charge in [-0.2, -0.15) is 0 Å². The van der Waals surface area contributed by atoms with Crippen LogP contribution in [0.3, 0.4) is 0 Å². The highest BCUT2D eigenvalue weighted by molar-refractivity contribution is 5.68. The van der Waals surface area contributed by atoms with Crippen molar-refractivity contribution in [3.63, 3.8) is 0 Å². The first-order valence-electron chi connectivity index (χ1n) is 45.2. The third-order valence-corrected chi connectivity index (χ3v) is 23.0. The van der Waals surface area contributed by atoms with Crippen LogP contribution in [0.2, 0.25) is 0 Å². The van der Waals surface area contributed by atoms with Gasteiger partial charge in [-0.3, -0.25) is 0 Å². The van der Waals surface area contributed by atoms with Gasteiger partial charge in [-0.05, 0) is 204 Å². The van der Waals surface area contributed by atoms with E-state index in [0.717, 1.165) is 62.8 Å². The summed E-state index contributed by atoms with van der Waals surface area (Å²) in [6.45, 7) is 8.52. The number of rotatable bonds is 30. The topological polar surface area (TPSA) is 111 Å². The van der Waals surface area contributed by atoms with Crippen molar-refractivity contribution in [3.8, 4) is 67.5 Å². The molecular formula is C106H92F24O12. The van der Waals surface area contributed by atoms with Crippen molar-refractivity contribution in [1.29, 1.82) is 0 Å². The molecule has 0 radical (unpaired) electrons. The third-order valence-electron chi connectivity index (χ3n) is 23.0. The molecule has 16 rings (SSSR count). The quantitative estimate of drug-likeness (QED) is 0.0243. The predicted octanol–water partition coefficient (Wildman–Crippen LogP) is 28.3. The largest absolute Gasteiger partial charge is 0.487 e. The maximum absolute atomic E-state index is 14.7. The number of hydrogen-bond acceptors (Lipinski definition) is 12. The second kappa shape index (κ2) is 49.7. The van der Waals surface area contributed by atoms with Gasteiger partial charge in [0, 0.05) is 68.2 Å². The number of hydrogen-bond donors (Lipinski definition) is 0. The second-order valence-electron chi connectivity index (χ2n) is 33.9. The van der Waals surface area contributed by atoms with E-state index in [0.29, 0.717) is 119 Å². The van der Waals surface area contributed by atoms with Crippen LogP contribution < -0.4 is 18.9 Å². The molecule has 4 aliphatic rings. The van der Waals surface area contributed by atoms with Crippen LogP contribution in [0.5, 0.6) is 23.0 Å². The van der Waals surface area contributed by atoms with E-state index in [4.69, 9.17) is 56.8 Å². The molecule has 0 unspecified atom stereocenters. The van der Waals surface area contributed by atoms with Crippen molar-refractivity contribution in [2.75, 3.05) is 79.3 Å². The first-order chi connectivity index (χ1) is 68.0. The summed E-state index contributed by atoms with van der Waals surface area (Å²) in [4.78, 5) is 0. The van der Waals surface area contributed by atoms with E-state index in [1.165, 1.54) is 97.1 Å². The molecule has 0 aliphatic carbocycles. The van der Waals surface area contributed by atoms with Gasteiger partial charge in [0.1, 0.15) is 23.3 Å². The van der Waals surface area contributed by atoms with Gasteiger partial charge in [0.15, 0.2) is 165 Å². The number of unbranched alkanes of at least 4 members (excludes halogenated alkanes) is 3. The van der Waals surface area contributed by atoms with Crippen molar-refractivity contribution in [2.24, 2.45) is 23.7 Å². The summed E-state index contributed by atoms with van der Waals surface area (Å²) in [5, 5.41) is 0. The molecule has 4 fully saturated rings. The van der Waals surface area contributed by atoms with Crippen LogP contribution in [-0.4, -0.2) is 79.3 Å². The fraction of sp³-hybridized carbons (Fsp3) is 0.321. The minimum Gasteiger partial charge on any atom is -0.487 e. The van der Waals surface area contributed by atoms with Crippen LogP contribution >= 0.6 is 0 Å². The first-order valence-corrected chi connectivity index (χ1v) is 45.2. The summed E-state index contributed by atoms with van der Waals surface area (Å²) in [5.74, 6) is -30.5. The Bertz CT molecular complexity index is 6200. The summed E-state index contributed by atoms with van der Waals surface area (Å²) in [6, 6.07) is 31.1. The van der Waals surface area contributed by atoms with Gasteiger partial charge in [-0.25, -0.2) is 105 Å². The van der Waals surface area contributed by atoms with Gasteiger partial charge in [0.05, 0.1) is 79.3 Å². The molecule has 0 spiro atoms. The van der Waals surface area contributed by atoms with Crippen LogP contribution in [0.1, 0.15) is 136 Å². The first kappa shape index (κ1) is 107. The van der Waals surface area contributed by atoms with E-state index in [-0.39, 0.29) is 147 Å². The van der Waals surface area contributed by atoms with Gasteiger partial charge in [0.2, 0.25) is 0 Å². The lowest BCUT2D eigenvalue weighted by Gasteiger charge is -2.29. The number of aryl methyl sites for hydroxylation is 4. The van der Waals surface area contributed by atoms with E-state index < -0.39 is 188 Å². The molecule has 142 heavy (non-hydrogen) atoms.